The van der Waals surface area contributed by atoms with E-state index in [0.29, 0.717) is 36.8 Å². The van der Waals surface area contributed by atoms with Crippen molar-refractivity contribution in [2.75, 3.05) is 13.2 Å². The van der Waals surface area contributed by atoms with Gasteiger partial charge in [-0.15, -0.1) is 0 Å². The van der Waals surface area contributed by atoms with Crippen molar-refractivity contribution >= 4 is 5.91 Å². The molecule has 4 aromatic rings. The number of ether oxygens (including phenoxy) is 1. The standard InChI is InChI=1S/C24H22FN5O2/c1-2-32-24-20(6-4-12-28-24)23(31)27-13-14-30-22(18-5-3-11-26-16-18)15-21(29-30)17-7-9-19(25)10-8-17/h3-12,15-16H,2,13-14H2,1H3,(H,27,31). The summed E-state index contributed by atoms with van der Waals surface area (Å²) in [5.41, 5.74) is 3.64. The fourth-order valence-electron chi connectivity index (χ4n) is 3.28. The van der Waals surface area contributed by atoms with E-state index in [2.05, 4.69) is 20.4 Å². The normalized spacial score (nSPS) is 10.7. The molecule has 1 N–H and O–H groups in total. The first-order chi connectivity index (χ1) is 15.7. The minimum absolute atomic E-state index is 0.268. The molecule has 0 bridgehead atoms. The molecule has 3 aromatic heterocycles. The lowest BCUT2D eigenvalue weighted by Crippen LogP contribution is -2.28. The molecule has 0 aliphatic heterocycles. The van der Waals surface area contributed by atoms with Crippen LogP contribution in [0, 0.1) is 5.82 Å². The first-order valence-corrected chi connectivity index (χ1v) is 10.3. The number of benzene rings is 1. The fourth-order valence-corrected chi connectivity index (χ4v) is 3.28. The van der Waals surface area contributed by atoms with E-state index >= 15 is 0 Å². The maximum Gasteiger partial charge on any atom is 0.256 e. The van der Waals surface area contributed by atoms with Gasteiger partial charge < -0.3 is 10.1 Å². The Morgan fingerprint density at radius 1 is 1.09 bits per heavy atom. The predicted octanol–water partition coefficient (Wildman–Crippen LogP) is 3.97. The highest BCUT2D eigenvalue weighted by molar-refractivity contribution is 5.96. The van der Waals surface area contributed by atoms with Crippen LogP contribution in [-0.4, -0.2) is 38.8 Å². The Morgan fingerprint density at radius 2 is 1.91 bits per heavy atom. The van der Waals surface area contributed by atoms with Crippen LogP contribution in [0.5, 0.6) is 5.88 Å². The predicted molar refractivity (Wildman–Crippen MR) is 119 cm³/mol. The molecule has 162 valence electrons. The number of carbonyl (C=O) groups excluding carboxylic acids is 1. The SMILES string of the molecule is CCOc1ncccc1C(=O)NCCn1nc(-c2ccc(F)cc2)cc1-c1cccnc1. The third-order valence-corrected chi connectivity index (χ3v) is 4.78. The number of aromatic nitrogens is 4. The Morgan fingerprint density at radius 3 is 2.66 bits per heavy atom. The van der Waals surface area contributed by atoms with Crippen molar-refractivity contribution in [3.63, 3.8) is 0 Å². The third kappa shape index (κ3) is 4.80. The molecule has 3 heterocycles. The Labute approximate surface area is 184 Å². The topological polar surface area (TPSA) is 81.9 Å². The molecular weight excluding hydrogens is 409 g/mol. The second-order valence-corrected chi connectivity index (χ2v) is 6.93. The molecule has 1 aromatic carbocycles. The lowest BCUT2D eigenvalue weighted by atomic mass is 10.1. The zero-order valence-corrected chi connectivity index (χ0v) is 17.5. The Bertz CT molecular complexity index is 1190. The minimum Gasteiger partial charge on any atom is -0.477 e. The van der Waals surface area contributed by atoms with Gasteiger partial charge in [-0.3, -0.25) is 14.5 Å². The van der Waals surface area contributed by atoms with Crippen molar-refractivity contribution in [2.24, 2.45) is 0 Å². The number of rotatable bonds is 8. The number of hydrogen-bond donors (Lipinski definition) is 1. The quantitative estimate of drug-likeness (QED) is 0.456. The van der Waals surface area contributed by atoms with E-state index < -0.39 is 0 Å². The maximum absolute atomic E-state index is 13.3. The monoisotopic (exact) mass is 431 g/mol. The van der Waals surface area contributed by atoms with E-state index in [-0.39, 0.29) is 11.7 Å². The second-order valence-electron chi connectivity index (χ2n) is 6.93. The van der Waals surface area contributed by atoms with Crippen LogP contribution in [0.2, 0.25) is 0 Å². The van der Waals surface area contributed by atoms with Crippen molar-refractivity contribution in [1.82, 2.24) is 25.1 Å². The van der Waals surface area contributed by atoms with Gasteiger partial charge in [-0.2, -0.15) is 5.10 Å². The van der Waals surface area contributed by atoms with Gasteiger partial charge in [0.05, 0.1) is 24.5 Å². The van der Waals surface area contributed by atoms with E-state index in [1.807, 2.05) is 29.8 Å². The molecule has 7 nitrogen and oxygen atoms in total. The number of carbonyl (C=O) groups is 1. The number of halogens is 1. The van der Waals surface area contributed by atoms with Crippen LogP contribution in [0.3, 0.4) is 0 Å². The highest BCUT2D eigenvalue weighted by Crippen LogP contribution is 2.26. The number of amides is 1. The first-order valence-electron chi connectivity index (χ1n) is 10.3. The number of nitrogens with zero attached hydrogens (tertiary/aromatic N) is 4. The highest BCUT2D eigenvalue weighted by atomic mass is 19.1. The maximum atomic E-state index is 13.3. The largest absolute Gasteiger partial charge is 0.477 e. The molecule has 0 aliphatic carbocycles. The molecular formula is C24H22FN5O2. The van der Waals surface area contributed by atoms with Gasteiger partial charge in [0.25, 0.3) is 5.91 Å². The van der Waals surface area contributed by atoms with Crippen molar-refractivity contribution in [2.45, 2.75) is 13.5 Å². The van der Waals surface area contributed by atoms with Crippen LogP contribution in [-0.2, 0) is 6.54 Å². The van der Waals surface area contributed by atoms with Gasteiger partial charge in [0.15, 0.2) is 0 Å². The van der Waals surface area contributed by atoms with E-state index in [0.717, 1.165) is 16.8 Å². The van der Waals surface area contributed by atoms with Gasteiger partial charge in [-0.1, -0.05) is 0 Å². The molecule has 8 heteroatoms. The van der Waals surface area contributed by atoms with Gasteiger partial charge in [-0.05, 0) is 61.5 Å². The molecule has 32 heavy (non-hydrogen) atoms. The molecule has 0 unspecified atom stereocenters. The van der Waals surface area contributed by atoms with Crippen molar-refractivity contribution in [3.8, 4) is 28.4 Å². The van der Waals surface area contributed by atoms with Gasteiger partial charge in [0, 0.05) is 36.3 Å². The summed E-state index contributed by atoms with van der Waals surface area (Å²) in [5, 5.41) is 7.58. The molecule has 0 radical (unpaired) electrons. The molecule has 0 fully saturated rings. The number of pyridine rings is 2. The Balaban J connectivity index is 1.54. The molecule has 0 atom stereocenters. The lowest BCUT2D eigenvalue weighted by Gasteiger charge is -2.11. The summed E-state index contributed by atoms with van der Waals surface area (Å²) in [4.78, 5) is 20.9. The summed E-state index contributed by atoms with van der Waals surface area (Å²) in [6.07, 6.45) is 5.04. The molecule has 1 amide bonds. The van der Waals surface area contributed by atoms with Crippen molar-refractivity contribution in [3.05, 3.63) is 84.6 Å². The van der Waals surface area contributed by atoms with Crippen LogP contribution in [0.4, 0.5) is 4.39 Å². The summed E-state index contributed by atoms with van der Waals surface area (Å²) in [5.74, 6) is -0.262. The first kappa shape index (κ1) is 21.2. The van der Waals surface area contributed by atoms with Crippen molar-refractivity contribution < 1.29 is 13.9 Å². The smallest absolute Gasteiger partial charge is 0.256 e. The third-order valence-electron chi connectivity index (χ3n) is 4.78. The zero-order valence-electron chi connectivity index (χ0n) is 17.5. The highest BCUT2D eigenvalue weighted by Gasteiger charge is 2.15. The van der Waals surface area contributed by atoms with E-state index in [1.165, 1.54) is 12.1 Å². The van der Waals surface area contributed by atoms with Crippen molar-refractivity contribution in [1.29, 1.82) is 0 Å². The van der Waals surface area contributed by atoms with Gasteiger partial charge in [0.2, 0.25) is 5.88 Å². The summed E-state index contributed by atoms with van der Waals surface area (Å²) < 4.78 is 20.6. The lowest BCUT2D eigenvalue weighted by molar-refractivity contribution is 0.0947. The molecule has 0 aliphatic rings. The summed E-state index contributed by atoms with van der Waals surface area (Å²) in [7, 11) is 0. The van der Waals surface area contributed by atoms with E-state index in [1.54, 1.807) is 42.9 Å². The van der Waals surface area contributed by atoms with Crippen LogP contribution in [0.15, 0.2) is 73.2 Å². The summed E-state index contributed by atoms with van der Waals surface area (Å²) in [6.45, 7) is 3.04. The van der Waals surface area contributed by atoms with Crippen LogP contribution >= 0.6 is 0 Å². The Kier molecular flexibility index (Phi) is 6.50. The molecule has 0 saturated carbocycles. The number of hydrogen-bond acceptors (Lipinski definition) is 5. The number of nitrogens with one attached hydrogen (secondary N) is 1. The van der Waals surface area contributed by atoms with Gasteiger partial charge >= 0.3 is 0 Å². The van der Waals surface area contributed by atoms with Crippen LogP contribution in [0.1, 0.15) is 17.3 Å². The van der Waals surface area contributed by atoms with Crippen LogP contribution < -0.4 is 10.1 Å². The van der Waals surface area contributed by atoms with Gasteiger partial charge in [-0.25, -0.2) is 9.37 Å². The van der Waals surface area contributed by atoms with E-state index in [4.69, 9.17) is 4.74 Å². The van der Waals surface area contributed by atoms with E-state index in [9.17, 15) is 9.18 Å². The molecule has 4 rings (SSSR count). The summed E-state index contributed by atoms with van der Waals surface area (Å²) in [6, 6.07) is 15.3. The minimum atomic E-state index is -0.301. The molecule has 0 spiro atoms. The molecule has 0 saturated heterocycles. The zero-order chi connectivity index (χ0) is 22.3. The second kappa shape index (κ2) is 9.82. The van der Waals surface area contributed by atoms with Crippen LogP contribution in [0.25, 0.3) is 22.5 Å². The fraction of sp³-hybridized carbons (Fsp3) is 0.167. The Hall–Kier alpha value is -4.07. The van der Waals surface area contributed by atoms with Gasteiger partial charge in [0.1, 0.15) is 11.4 Å². The average Bonchev–Trinajstić information content (AvgIpc) is 3.25. The summed E-state index contributed by atoms with van der Waals surface area (Å²) >= 11 is 0. The average molecular weight is 431 g/mol.